The Morgan fingerprint density at radius 2 is 1.78 bits per heavy atom. The van der Waals surface area contributed by atoms with Crippen molar-refractivity contribution < 1.29 is 9.84 Å². The molecule has 0 saturated heterocycles. The largest absolute Gasteiger partial charge is 0.494 e. The SMILES string of the molecule is CCOc1ccc(C2CC([C@H]3CC[C@H]4[C@@H]5CC=C6C[C@@H](O)CC[C@]6(C)[C@H]5CC[C@]34C)=NN2c2ccccc2Br)cc1. The molecule has 5 aliphatic rings. The molecule has 0 radical (unpaired) electrons. The third kappa shape index (κ3) is 4.52. The fourth-order valence-electron chi connectivity index (χ4n) is 10.0. The Bertz CT molecular complexity index is 1350. The van der Waals surface area contributed by atoms with Crippen LogP contribution in [0.5, 0.6) is 5.75 Å². The number of hydrogen-bond acceptors (Lipinski definition) is 4. The third-order valence-corrected chi connectivity index (χ3v) is 12.8. The summed E-state index contributed by atoms with van der Waals surface area (Å²) in [5, 5.41) is 18.2. The maximum absolute atomic E-state index is 10.4. The molecule has 1 unspecified atom stereocenters. The standard InChI is InChI=1S/C36H45BrN2O2/c1-4-41-26-12-9-23(10-13-26)34-22-32(38-39(34)33-8-6-5-7-31(33)37)30-16-15-28-27-14-11-24-21-25(40)17-19-35(24,2)29(27)18-20-36(28,30)3/h5-13,25,27-30,34,40H,4,14-22H2,1-3H3/t25-,27-,28-,29-,30+,34?,35-,36-/m0/s1. The summed E-state index contributed by atoms with van der Waals surface area (Å²) in [6, 6.07) is 17.4. The van der Waals surface area contributed by atoms with Crippen molar-refractivity contribution >= 4 is 27.3 Å². The predicted molar refractivity (Wildman–Crippen MR) is 170 cm³/mol. The van der Waals surface area contributed by atoms with Gasteiger partial charge in [-0.05, 0) is 133 Å². The quantitative estimate of drug-likeness (QED) is 0.341. The van der Waals surface area contributed by atoms with Gasteiger partial charge in [-0.3, -0.25) is 5.01 Å². The van der Waals surface area contributed by atoms with Crippen LogP contribution in [0.4, 0.5) is 5.69 Å². The van der Waals surface area contributed by atoms with E-state index in [-0.39, 0.29) is 12.1 Å². The number of aliphatic hydroxyl groups excluding tert-OH is 1. The van der Waals surface area contributed by atoms with E-state index < -0.39 is 0 Å². The number of halogens is 1. The maximum Gasteiger partial charge on any atom is 0.119 e. The Hall–Kier alpha value is -2.11. The van der Waals surface area contributed by atoms with Gasteiger partial charge in [0.15, 0.2) is 0 Å². The molecule has 0 spiro atoms. The Morgan fingerprint density at radius 1 is 0.976 bits per heavy atom. The van der Waals surface area contributed by atoms with Gasteiger partial charge in [0, 0.05) is 22.5 Å². The summed E-state index contributed by atoms with van der Waals surface area (Å²) < 4.78 is 6.84. The first-order chi connectivity index (χ1) is 19.8. The van der Waals surface area contributed by atoms with E-state index in [0.29, 0.717) is 23.4 Å². The van der Waals surface area contributed by atoms with Crippen molar-refractivity contribution in [1.29, 1.82) is 0 Å². The van der Waals surface area contributed by atoms with E-state index in [0.717, 1.165) is 59.3 Å². The molecule has 1 N–H and O–H groups in total. The van der Waals surface area contributed by atoms with Crippen LogP contribution in [0.2, 0.25) is 0 Å². The van der Waals surface area contributed by atoms with Gasteiger partial charge in [-0.15, -0.1) is 0 Å². The van der Waals surface area contributed by atoms with Crippen LogP contribution in [-0.2, 0) is 0 Å². The van der Waals surface area contributed by atoms with Gasteiger partial charge in [0.1, 0.15) is 5.75 Å². The number of fused-ring (bicyclic) bond motifs is 5. The van der Waals surface area contributed by atoms with Gasteiger partial charge >= 0.3 is 0 Å². The molecular weight excluding hydrogens is 572 g/mol. The minimum absolute atomic E-state index is 0.133. The third-order valence-electron chi connectivity index (χ3n) is 12.1. The molecule has 8 atom stereocenters. The average Bonchev–Trinajstić information content (AvgIpc) is 3.55. The number of hydrogen-bond donors (Lipinski definition) is 1. The van der Waals surface area contributed by atoms with E-state index in [1.54, 1.807) is 5.57 Å². The number of aliphatic hydroxyl groups is 1. The van der Waals surface area contributed by atoms with Crippen LogP contribution in [0.25, 0.3) is 0 Å². The summed E-state index contributed by atoms with van der Waals surface area (Å²) in [5.74, 6) is 3.77. The highest BCUT2D eigenvalue weighted by Gasteiger charge is 2.59. The topological polar surface area (TPSA) is 45.1 Å². The summed E-state index contributed by atoms with van der Waals surface area (Å²) in [6.45, 7) is 7.87. The number of nitrogens with zero attached hydrogens (tertiary/aromatic N) is 2. The van der Waals surface area contributed by atoms with Crippen molar-refractivity contribution in [3.8, 4) is 5.75 Å². The summed E-state index contributed by atoms with van der Waals surface area (Å²) in [4.78, 5) is 0. The summed E-state index contributed by atoms with van der Waals surface area (Å²) in [6.07, 6.45) is 12.9. The molecule has 41 heavy (non-hydrogen) atoms. The predicted octanol–water partition coefficient (Wildman–Crippen LogP) is 9.10. The van der Waals surface area contributed by atoms with E-state index >= 15 is 0 Å². The second-order valence-corrected chi connectivity index (χ2v) is 14.8. The van der Waals surface area contributed by atoms with Crippen LogP contribution < -0.4 is 9.75 Å². The fraction of sp³-hybridized carbons (Fsp3) is 0.583. The molecule has 3 saturated carbocycles. The first-order valence-electron chi connectivity index (χ1n) is 16.0. The Kier molecular flexibility index (Phi) is 7.13. The van der Waals surface area contributed by atoms with Crippen LogP contribution in [0, 0.1) is 34.5 Å². The number of para-hydroxylation sites is 1. The number of benzene rings is 2. The molecular formula is C36H45BrN2O2. The zero-order chi connectivity index (χ0) is 28.4. The van der Waals surface area contributed by atoms with Crippen molar-refractivity contribution in [1.82, 2.24) is 0 Å². The monoisotopic (exact) mass is 616 g/mol. The molecule has 7 rings (SSSR count). The first-order valence-corrected chi connectivity index (χ1v) is 16.8. The van der Waals surface area contributed by atoms with Gasteiger partial charge in [-0.2, -0.15) is 5.10 Å². The van der Waals surface area contributed by atoms with Crippen LogP contribution in [0.3, 0.4) is 0 Å². The van der Waals surface area contributed by atoms with Crippen LogP contribution >= 0.6 is 15.9 Å². The average molecular weight is 618 g/mol. The summed E-state index contributed by atoms with van der Waals surface area (Å²) >= 11 is 3.83. The molecule has 1 aliphatic heterocycles. The number of hydrazone groups is 1. The van der Waals surface area contributed by atoms with Crippen molar-refractivity contribution in [2.24, 2.45) is 39.6 Å². The molecule has 0 aromatic heterocycles. The van der Waals surface area contributed by atoms with E-state index in [1.807, 2.05) is 6.92 Å². The Balaban J connectivity index is 1.19. The highest BCUT2D eigenvalue weighted by molar-refractivity contribution is 9.10. The summed E-state index contributed by atoms with van der Waals surface area (Å²) in [5.41, 5.74) is 6.01. The maximum atomic E-state index is 10.4. The van der Waals surface area contributed by atoms with Crippen LogP contribution in [0.15, 0.2) is 69.8 Å². The molecule has 0 amide bonds. The molecule has 5 heteroatoms. The molecule has 218 valence electrons. The minimum atomic E-state index is -0.133. The lowest BCUT2D eigenvalue weighted by molar-refractivity contribution is -0.0424. The van der Waals surface area contributed by atoms with Crippen molar-refractivity contribution in [3.05, 3.63) is 70.2 Å². The van der Waals surface area contributed by atoms with E-state index in [4.69, 9.17) is 9.84 Å². The second-order valence-electron chi connectivity index (χ2n) is 13.9. The zero-order valence-corrected chi connectivity index (χ0v) is 26.4. The van der Waals surface area contributed by atoms with Crippen molar-refractivity contribution in [2.45, 2.75) is 90.7 Å². The lowest BCUT2D eigenvalue weighted by atomic mass is 9.47. The van der Waals surface area contributed by atoms with Gasteiger partial charge in [0.25, 0.3) is 0 Å². The van der Waals surface area contributed by atoms with Gasteiger partial charge in [0.05, 0.1) is 24.4 Å². The second kappa shape index (κ2) is 10.6. The highest BCUT2D eigenvalue weighted by Crippen LogP contribution is 2.67. The number of rotatable bonds is 5. The molecule has 0 bridgehead atoms. The first kappa shape index (κ1) is 27.7. The molecule has 1 heterocycles. The van der Waals surface area contributed by atoms with Gasteiger partial charge in [-0.1, -0.05) is 49.8 Å². The van der Waals surface area contributed by atoms with E-state index in [9.17, 15) is 5.11 Å². The minimum Gasteiger partial charge on any atom is -0.494 e. The smallest absolute Gasteiger partial charge is 0.119 e. The van der Waals surface area contributed by atoms with Crippen molar-refractivity contribution in [2.75, 3.05) is 11.6 Å². The Labute approximate surface area is 254 Å². The van der Waals surface area contributed by atoms with E-state index in [1.165, 1.54) is 43.4 Å². The van der Waals surface area contributed by atoms with Gasteiger partial charge in [-0.25, -0.2) is 0 Å². The molecule has 3 fully saturated rings. The molecule has 4 nitrogen and oxygen atoms in total. The zero-order valence-electron chi connectivity index (χ0n) is 24.9. The lowest BCUT2D eigenvalue weighted by Crippen LogP contribution is -2.51. The lowest BCUT2D eigenvalue weighted by Gasteiger charge is -2.58. The molecule has 2 aromatic carbocycles. The summed E-state index contributed by atoms with van der Waals surface area (Å²) in [7, 11) is 0. The van der Waals surface area contributed by atoms with Crippen LogP contribution in [0.1, 0.15) is 90.2 Å². The van der Waals surface area contributed by atoms with Gasteiger partial charge < -0.3 is 9.84 Å². The van der Waals surface area contributed by atoms with Crippen molar-refractivity contribution in [3.63, 3.8) is 0 Å². The number of ether oxygens (including phenoxy) is 1. The number of anilines is 1. The van der Waals surface area contributed by atoms with Crippen LogP contribution in [-0.4, -0.2) is 23.5 Å². The fourth-order valence-corrected chi connectivity index (χ4v) is 10.5. The van der Waals surface area contributed by atoms with E-state index in [2.05, 4.69) is 89.4 Å². The number of allylic oxidation sites excluding steroid dienone is 1. The van der Waals surface area contributed by atoms with Gasteiger partial charge in [0.2, 0.25) is 0 Å². The molecule has 2 aromatic rings. The molecule has 4 aliphatic carbocycles. The Morgan fingerprint density at radius 3 is 2.56 bits per heavy atom. The highest BCUT2D eigenvalue weighted by atomic mass is 79.9. The normalized spacial score (nSPS) is 38.0.